The van der Waals surface area contributed by atoms with Gasteiger partial charge in [-0.05, 0) is 119 Å². The number of hydrogen-bond donors (Lipinski definition) is 3. The fourth-order valence-corrected chi connectivity index (χ4v) is 7.35. The number of aryl methyl sites for hydroxylation is 2. The van der Waals surface area contributed by atoms with Crippen LogP contribution in [0.4, 0.5) is 93.0 Å². The minimum absolute atomic E-state index is 0.0817. The zero-order valence-corrected chi connectivity index (χ0v) is 38.0. The maximum absolute atomic E-state index is 14.7. The van der Waals surface area contributed by atoms with Gasteiger partial charge in [-0.25, -0.2) is 13.2 Å². The first-order valence-corrected chi connectivity index (χ1v) is 21.0. The zero-order valence-electron chi connectivity index (χ0n) is 34.8. The Bertz CT molecular complexity index is 2520. The average molecular weight is 1140 g/mol. The number of benzene rings is 4. The summed E-state index contributed by atoms with van der Waals surface area (Å²) in [4.78, 5) is 44.1. The van der Waals surface area contributed by atoms with Gasteiger partial charge in [0.05, 0.1) is 33.1 Å². The van der Waals surface area contributed by atoms with Gasteiger partial charge in [0.1, 0.15) is 6.29 Å². The predicted octanol–water partition coefficient (Wildman–Crippen LogP) is 14.2. The molecule has 0 unspecified atom stereocenters. The number of nitrogens with one attached hydrogen (secondary N) is 3. The molecule has 0 radical (unpaired) electrons. The van der Waals surface area contributed by atoms with Crippen LogP contribution in [-0.2, 0) is 16.1 Å². The van der Waals surface area contributed by atoms with Gasteiger partial charge in [-0.15, -0.1) is 0 Å². The Morgan fingerprint density at radius 1 is 0.652 bits per heavy atom. The molecule has 2 saturated carbocycles. The normalized spacial score (nSPS) is 14.4. The van der Waals surface area contributed by atoms with Gasteiger partial charge >= 0.3 is 41.7 Å². The van der Waals surface area contributed by atoms with Crippen LogP contribution >= 0.6 is 31.9 Å². The number of nitro benzene ring substituents is 1. The molecule has 2 fully saturated rings. The summed E-state index contributed by atoms with van der Waals surface area (Å²) in [5, 5.41) is 17.9. The summed E-state index contributed by atoms with van der Waals surface area (Å²) in [6.07, 6.45) is -19.9. The van der Waals surface area contributed by atoms with Crippen molar-refractivity contribution in [3.8, 4) is 0 Å². The van der Waals surface area contributed by atoms with Crippen molar-refractivity contribution in [1.82, 2.24) is 0 Å². The van der Waals surface area contributed by atoms with E-state index in [9.17, 15) is 94.7 Å². The highest BCUT2D eigenvalue weighted by Crippen LogP contribution is 2.55. The number of aldehydes is 1. The maximum Gasteiger partial charge on any atom is 0.435 e. The monoisotopic (exact) mass is 1130 g/mol. The van der Waals surface area contributed by atoms with Crippen LogP contribution in [0, 0.1) is 47.4 Å². The molecule has 0 aromatic heterocycles. The molecule has 4 aromatic carbocycles. The number of alkyl halides is 14. The van der Waals surface area contributed by atoms with E-state index < -0.39 is 113 Å². The molecule has 27 heteroatoms. The Hall–Kier alpha value is -5.47. The van der Waals surface area contributed by atoms with Crippen LogP contribution in [0.3, 0.4) is 0 Å². The van der Waals surface area contributed by atoms with Crippen molar-refractivity contribution >= 4 is 72.7 Å². The van der Waals surface area contributed by atoms with Gasteiger partial charge < -0.3 is 20.7 Å². The van der Waals surface area contributed by atoms with Crippen molar-refractivity contribution in [3.05, 3.63) is 125 Å². The topological polar surface area (TPSA) is 130 Å². The molecule has 0 atom stereocenters. The molecular weight excluding hydrogens is 1100 g/mol. The maximum atomic E-state index is 14.7. The highest BCUT2D eigenvalue weighted by atomic mass is 79.9. The molecule has 0 heterocycles. The minimum atomic E-state index is -6.34. The Labute approximate surface area is 395 Å². The van der Waals surface area contributed by atoms with E-state index in [1.54, 1.807) is 0 Å². The number of halogens is 18. The van der Waals surface area contributed by atoms with Crippen LogP contribution in [0.1, 0.15) is 68.7 Å². The lowest BCUT2D eigenvalue weighted by Crippen LogP contribution is -2.50. The van der Waals surface area contributed by atoms with Gasteiger partial charge in [0.2, 0.25) is 5.82 Å². The van der Waals surface area contributed by atoms with Gasteiger partial charge in [0, 0.05) is 38.6 Å². The quantitative estimate of drug-likeness (QED) is 0.0593. The van der Waals surface area contributed by atoms with Gasteiger partial charge in [-0.1, -0.05) is 24.3 Å². The Kier molecular flexibility index (Phi) is 17.0. The Balaban J connectivity index is 0.000000273. The minimum Gasteiger partial charge on any atom is -0.382 e. The average Bonchev–Trinajstić information content (AvgIpc) is 4.17. The summed E-state index contributed by atoms with van der Waals surface area (Å²) >= 11 is 5.45. The van der Waals surface area contributed by atoms with E-state index in [2.05, 4.69) is 42.5 Å². The first kappa shape index (κ1) is 56.1. The number of nitro groups is 1. The summed E-state index contributed by atoms with van der Waals surface area (Å²) in [5.74, 6) is -3.76. The van der Waals surface area contributed by atoms with Gasteiger partial charge in [-0.3, -0.25) is 19.7 Å². The van der Waals surface area contributed by atoms with Crippen molar-refractivity contribution in [2.45, 2.75) is 75.6 Å². The molecular formula is C42H32Br2F16N4O5. The van der Waals surface area contributed by atoms with E-state index in [0.717, 1.165) is 64.0 Å². The molecule has 0 spiro atoms. The van der Waals surface area contributed by atoms with Crippen molar-refractivity contribution < 1.29 is 89.6 Å². The largest absolute Gasteiger partial charge is 0.435 e. The molecule has 9 nitrogen and oxygen atoms in total. The number of nitrogens with zero attached hydrogens (tertiary/aromatic N) is 1. The second-order valence-electron chi connectivity index (χ2n) is 15.4. The highest BCUT2D eigenvalue weighted by molar-refractivity contribution is 9.11. The zero-order chi connectivity index (χ0) is 52.4. The Morgan fingerprint density at radius 3 is 1.36 bits per heavy atom. The predicted molar refractivity (Wildman–Crippen MR) is 223 cm³/mol. The molecule has 6 rings (SSSR count). The molecule has 3 N–H and O–H groups in total. The van der Waals surface area contributed by atoms with Gasteiger partial charge in [0.15, 0.2) is 5.82 Å². The lowest BCUT2D eigenvalue weighted by Gasteiger charge is -2.31. The molecule has 376 valence electrons. The fraction of sp³-hybridized carbons (Fsp3) is 0.357. The number of rotatable bonds is 11. The third-order valence-electron chi connectivity index (χ3n) is 10.2. The third kappa shape index (κ3) is 12.5. The van der Waals surface area contributed by atoms with Crippen molar-refractivity contribution in [2.24, 2.45) is 11.8 Å². The molecule has 0 saturated heterocycles. The van der Waals surface area contributed by atoms with E-state index in [0.29, 0.717) is 24.4 Å². The van der Waals surface area contributed by atoms with E-state index >= 15 is 0 Å². The molecule has 4 aromatic rings. The van der Waals surface area contributed by atoms with Crippen LogP contribution < -0.4 is 16.0 Å². The van der Waals surface area contributed by atoms with Crippen LogP contribution in [0.25, 0.3) is 0 Å². The second kappa shape index (κ2) is 20.9. The van der Waals surface area contributed by atoms with Crippen LogP contribution in [0.2, 0.25) is 0 Å². The number of carbonyl (C=O) groups is 3. The summed E-state index contributed by atoms with van der Waals surface area (Å²) in [5.41, 5.74) is -18.3. The van der Waals surface area contributed by atoms with Gasteiger partial charge in [0.25, 0.3) is 11.8 Å². The lowest BCUT2D eigenvalue weighted by molar-refractivity contribution is -0.387. The van der Waals surface area contributed by atoms with Crippen molar-refractivity contribution in [3.63, 3.8) is 0 Å². The third-order valence-corrected chi connectivity index (χ3v) is 11.4. The van der Waals surface area contributed by atoms with Crippen LogP contribution in [0.15, 0.2) is 69.6 Å². The number of amides is 2. The SMILES string of the molecule is Cc1cc(C(F)(C(F)(F)F)C(F)(F)F)cc(Br)c1NC(=O)c1cccc(NCC2CC2)c1F.Cc1cc(C(F)(C(F)(F)F)C(F)(F)F)cc(Br)c1NC(=O)c1cccc([N+](=O)[O-])c1F.O=CC1CC1. The second-order valence-corrected chi connectivity index (χ2v) is 17.1. The number of hydrogen-bond acceptors (Lipinski definition) is 6. The number of anilines is 3. The summed E-state index contributed by atoms with van der Waals surface area (Å²) < 4.78 is 213. The molecule has 2 aliphatic rings. The molecule has 2 aliphatic carbocycles. The molecule has 2 amide bonds. The van der Waals surface area contributed by atoms with E-state index in [-0.39, 0.29) is 35.1 Å². The molecule has 0 aliphatic heterocycles. The van der Waals surface area contributed by atoms with Crippen LogP contribution in [0.5, 0.6) is 0 Å². The fourth-order valence-electron chi connectivity index (χ4n) is 6.03. The lowest BCUT2D eigenvalue weighted by atomic mass is 9.92. The number of carbonyl (C=O) groups excluding carboxylic acids is 3. The van der Waals surface area contributed by atoms with Crippen molar-refractivity contribution in [1.29, 1.82) is 0 Å². The summed E-state index contributed by atoms with van der Waals surface area (Å²) in [7, 11) is 0. The van der Waals surface area contributed by atoms with Crippen molar-refractivity contribution in [2.75, 3.05) is 22.5 Å². The Morgan fingerprint density at radius 2 is 1.04 bits per heavy atom. The van der Waals surface area contributed by atoms with Gasteiger partial charge in [-0.2, -0.15) is 57.1 Å². The summed E-state index contributed by atoms with van der Waals surface area (Å²) in [6.45, 7) is 2.58. The molecule has 0 bridgehead atoms. The van der Waals surface area contributed by atoms with E-state index in [1.807, 2.05) is 5.32 Å². The first-order chi connectivity index (χ1) is 31.6. The highest BCUT2D eigenvalue weighted by Gasteiger charge is 2.74. The standard InChI is InChI=1S/C21H17BrF8N2O.C17H9BrF8N2O3.C4H6O/c1-10-7-12(19(24,20(25,26)27)21(28,29)30)8-14(22)17(10)32-18(33)13-3-2-4-15(16(13)23)31-9-11-5-6-11;1-7-5-8(15(20,16(21,22)23)17(24,25)26)6-10(18)13(7)27-14(29)9-3-2-4-11(12(9)19)28(30)31;5-3-4-1-2-4/h2-4,7-8,11,31H,5-6,9H2,1H3,(H,32,33);2-6H,1H3,(H,27,29);3-4H,1-2H2. The first-order valence-electron chi connectivity index (χ1n) is 19.4. The van der Waals surface area contributed by atoms with Crippen LogP contribution in [-0.4, -0.2) is 54.3 Å². The molecule has 69 heavy (non-hydrogen) atoms. The smallest absolute Gasteiger partial charge is 0.382 e. The van der Waals surface area contributed by atoms with E-state index in [1.165, 1.54) is 18.2 Å². The van der Waals surface area contributed by atoms with E-state index in [4.69, 9.17) is 0 Å². The summed E-state index contributed by atoms with van der Waals surface area (Å²) in [6, 6.07) is 7.68.